The van der Waals surface area contributed by atoms with Crippen LogP contribution in [-0.2, 0) is 19.4 Å². The van der Waals surface area contributed by atoms with Gasteiger partial charge in [0, 0.05) is 6.26 Å². The number of nitrogens with one attached hydrogen (secondary N) is 1. The zero-order chi connectivity index (χ0) is 20.0. The molecule has 0 unspecified atom stereocenters. The van der Waals surface area contributed by atoms with Crippen molar-refractivity contribution in [3.63, 3.8) is 0 Å². The number of methoxy groups -OCH3 is 2. The Morgan fingerprint density at radius 2 is 1.74 bits per heavy atom. The Morgan fingerprint density at radius 3 is 2.37 bits per heavy atom. The molecule has 0 fully saturated rings. The van der Waals surface area contributed by atoms with Gasteiger partial charge in [-0.15, -0.1) is 0 Å². The Morgan fingerprint density at radius 1 is 1.04 bits per heavy atom. The van der Waals surface area contributed by atoms with E-state index in [1.165, 1.54) is 44.6 Å². The molecule has 0 heterocycles. The number of ether oxygens (including phenoxy) is 3. The number of sulfone groups is 1. The van der Waals surface area contributed by atoms with E-state index in [2.05, 4.69) is 10.1 Å². The molecule has 2 aromatic rings. The predicted molar refractivity (Wildman–Crippen MR) is 98.0 cm³/mol. The number of anilines is 1. The molecule has 0 aliphatic heterocycles. The Bertz CT molecular complexity index is 954. The van der Waals surface area contributed by atoms with E-state index in [-0.39, 0.29) is 34.3 Å². The van der Waals surface area contributed by atoms with E-state index in [1.54, 1.807) is 12.1 Å². The topological polar surface area (TPSA) is 108 Å². The van der Waals surface area contributed by atoms with Crippen molar-refractivity contribution in [2.45, 2.75) is 4.90 Å². The molecule has 1 N–H and O–H groups in total. The highest BCUT2D eigenvalue weighted by Crippen LogP contribution is 2.28. The molecule has 0 aliphatic carbocycles. The van der Waals surface area contributed by atoms with Crippen LogP contribution < -0.4 is 14.8 Å². The minimum atomic E-state index is -3.49. The highest BCUT2D eigenvalue weighted by atomic mass is 32.2. The first-order valence-corrected chi connectivity index (χ1v) is 9.63. The fourth-order valence-corrected chi connectivity index (χ4v) is 3.10. The van der Waals surface area contributed by atoms with Gasteiger partial charge in [0.05, 0.1) is 30.4 Å². The second-order valence-corrected chi connectivity index (χ2v) is 7.45. The summed E-state index contributed by atoms with van der Waals surface area (Å²) in [5, 5.41) is 2.51. The number of esters is 1. The molecule has 9 heteroatoms. The normalized spacial score (nSPS) is 10.8. The third-order valence-electron chi connectivity index (χ3n) is 3.50. The highest BCUT2D eigenvalue weighted by molar-refractivity contribution is 7.90. The minimum absolute atomic E-state index is 0.0124. The third-order valence-corrected chi connectivity index (χ3v) is 4.66. The molecule has 0 aliphatic rings. The molecule has 2 rings (SSSR count). The summed E-state index contributed by atoms with van der Waals surface area (Å²) < 4.78 is 38.7. The summed E-state index contributed by atoms with van der Waals surface area (Å²) in [5.74, 6) is -0.584. The van der Waals surface area contributed by atoms with Gasteiger partial charge in [-0.25, -0.2) is 13.2 Å². The van der Waals surface area contributed by atoms with E-state index in [4.69, 9.17) is 9.47 Å². The van der Waals surface area contributed by atoms with Gasteiger partial charge in [0.2, 0.25) is 0 Å². The average molecular weight is 393 g/mol. The molecule has 144 valence electrons. The minimum Gasteiger partial charge on any atom is -0.493 e. The van der Waals surface area contributed by atoms with Crippen LogP contribution >= 0.6 is 0 Å². The van der Waals surface area contributed by atoms with Crippen molar-refractivity contribution in [1.82, 2.24) is 0 Å². The van der Waals surface area contributed by atoms with E-state index in [0.717, 1.165) is 6.26 Å². The molecule has 0 saturated heterocycles. The highest BCUT2D eigenvalue weighted by Gasteiger charge is 2.16. The zero-order valence-electron chi connectivity index (χ0n) is 15.0. The van der Waals surface area contributed by atoms with Crippen LogP contribution in [0.25, 0.3) is 0 Å². The Hall–Kier alpha value is -3.07. The van der Waals surface area contributed by atoms with Crippen molar-refractivity contribution in [1.29, 1.82) is 0 Å². The van der Waals surface area contributed by atoms with Crippen molar-refractivity contribution in [2.24, 2.45) is 0 Å². The molecule has 1 amide bonds. The van der Waals surface area contributed by atoms with Crippen molar-refractivity contribution < 1.29 is 32.2 Å². The number of hydrogen-bond acceptors (Lipinski definition) is 7. The quantitative estimate of drug-likeness (QED) is 0.716. The lowest BCUT2D eigenvalue weighted by molar-refractivity contribution is -0.118. The van der Waals surface area contributed by atoms with E-state index in [0.29, 0.717) is 0 Å². The van der Waals surface area contributed by atoms with Crippen LogP contribution in [-0.4, -0.2) is 47.4 Å². The van der Waals surface area contributed by atoms with Crippen LogP contribution in [0.15, 0.2) is 47.4 Å². The molecule has 2 aromatic carbocycles. The number of amides is 1. The number of hydrogen-bond donors (Lipinski definition) is 1. The molecule has 0 aromatic heterocycles. The predicted octanol–water partition coefficient (Wildman–Crippen LogP) is 1.90. The van der Waals surface area contributed by atoms with Gasteiger partial charge in [-0.05, 0) is 30.3 Å². The van der Waals surface area contributed by atoms with Crippen molar-refractivity contribution in [2.75, 3.05) is 32.4 Å². The van der Waals surface area contributed by atoms with Crippen LogP contribution in [0.2, 0.25) is 0 Å². The van der Waals surface area contributed by atoms with E-state index < -0.39 is 21.7 Å². The first kappa shape index (κ1) is 20.2. The number of para-hydroxylation sites is 1. The Kier molecular flexibility index (Phi) is 6.40. The standard InChI is InChI=1S/C18H19NO7S/c1-24-15-10-12(18(21)25-2)8-9-14(15)26-11-17(20)19-13-6-4-5-7-16(13)27(3,22)23/h4-10H,11H2,1-3H3,(H,19,20). The summed E-state index contributed by atoms with van der Waals surface area (Å²) in [6, 6.07) is 10.4. The first-order chi connectivity index (χ1) is 12.8. The van der Waals surface area contributed by atoms with Crippen LogP contribution in [0.3, 0.4) is 0 Å². The maximum absolute atomic E-state index is 12.1. The summed E-state index contributed by atoms with van der Waals surface area (Å²) >= 11 is 0. The molecule has 27 heavy (non-hydrogen) atoms. The average Bonchev–Trinajstić information content (AvgIpc) is 2.65. The van der Waals surface area contributed by atoms with Crippen molar-refractivity contribution in [3.8, 4) is 11.5 Å². The number of rotatable bonds is 7. The second-order valence-electron chi connectivity index (χ2n) is 5.46. The smallest absolute Gasteiger partial charge is 0.337 e. The van der Waals surface area contributed by atoms with Gasteiger partial charge in [0.25, 0.3) is 5.91 Å². The summed E-state index contributed by atoms with van der Waals surface area (Å²) in [4.78, 5) is 23.7. The second kappa shape index (κ2) is 8.54. The fourth-order valence-electron chi connectivity index (χ4n) is 2.25. The maximum atomic E-state index is 12.1. The van der Waals surface area contributed by atoms with Gasteiger partial charge < -0.3 is 19.5 Å². The molecule has 0 spiro atoms. The summed E-state index contributed by atoms with van der Waals surface area (Å²) in [7, 11) is -0.835. The SMILES string of the molecule is COC(=O)c1ccc(OCC(=O)Nc2ccccc2S(C)(=O)=O)c(OC)c1. The maximum Gasteiger partial charge on any atom is 0.337 e. The lowest BCUT2D eigenvalue weighted by atomic mass is 10.2. The number of carbonyl (C=O) groups is 2. The van der Waals surface area contributed by atoms with Crippen molar-refractivity contribution in [3.05, 3.63) is 48.0 Å². The van der Waals surface area contributed by atoms with E-state index >= 15 is 0 Å². The molecule has 0 bridgehead atoms. The van der Waals surface area contributed by atoms with Gasteiger partial charge >= 0.3 is 5.97 Å². The summed E-state index contributed by atoms with van der Waals surface area (Å²) in [6.45, 7) is -0.383. The van der Waals surface area contributed by atoms with Crippen molar-refractivity contribution >= 4 is 27.4 Å². The molecule has 0 atom stereocenters. The molecule has 0 saturated carbocycles. The molecule has 8 nitrogen and oxygen atoms in total. The van der Waals surface area contributed by atoms with E-state index in [1.807, 2.05) is 0 Å². The first-order valence-electron chi connectivity index (χ1n) is 7.74. The van der Waals surface area contributed by atoms with Crippen LogP contribution in [0.5, 0.6) is 11.5 Å². The van der Waals surface area contributed by atoms with Gasteiger partial charge in [-0.1, -0.05) is 12.1 Å². The summed E-state index contributed by atoms with van der Waals surface area (Å²) in [5.41, 5.74) is 0.440. The molecular weight excluding hydrogens is 374 g/mol. The molecular formula is C18H19NO7S. The Labute approximate surface area is 157 Å². The largest absolute Gasteiger partial charge is 0.493 e. The number of carbonyl (C=O) groups excluding carboxylic acids is 2. The van der Waals surface area contributed by atoms with Gasteiger partial charge in [0.1, 0.15) is 0 Å². The number of benzene rings is 2. The zero-order valence-corrected chi connectivity index (χ0v) is 15.8. The van der Waals surface area contributed by atoms with Crippen LogP contribution in [0, 0.1) is 0 Å². The third kappa shape index (κ3) is 5.20. The lowest BCUT2D eigenvalue weighted by Crippen LogP contribution is -2.21. The van der Waals surface area contributed by atoms with Crippen LogP contribution in [0.4, 0.5) is 5.69 Å². The van der Waals surface area contributed by atoms with Crippen LogP contribution in [0.1, 0.15) is 10.4 Å². The monoisotopic (exact) mass is 393 g/mol. The Balaban J connectivity index is 2.10. The lowest BCUT2D eigenvalue weighted by Gasteiger charge is -2.13. The fraction of sp³-hybridized carbons (Fsp3) is 0.222. The van der Waals surface area contributed by atoms with Gasteiger partial charge in [-0.3, -0.25) is 4.79 Å². The molecule has 0 radical (unpaired) electrons. The van der Waals surface area contributed by atoms with Gasteiger partial charge in [-0.2, -0.15) is 0 Å². The van der Waals surface area contributed by atoms with Gasteiger partial charge in [0.15, 0.2) is 27.9 Å². The van der Waals surface area contributed by atoms with E-state index in [9.17, 15) is 18.0 Å². The summed E-state index contributed by atoms with van der Waals surface area (Å²) in [6.07, 6.45) is 1.06.